The molecule has 1 heterocycles. The summed E-state index contributed by atoms with van der Waals surface area (Å²) in [5, 5.41) is 11.9. The van der Waals surface area contributed by atoms with E-state index < -0.39 is 0 Å². The highest BCUT2D eigenvalue weighted by Crippen LogP contribution is 2.12. The van der Waals surface area contributed by atoms with E-state index in [1.165, 1.54) is 0 Å². The van der Waals surface area contributed by atoms with Crippen LogP contribution in [0.2, 0.25) is 0 Å². The molecule has 2 aromatic rings. The lowest BCUT2D eigenvalue weighted by Crippen LogP contribution is -2.00. The summed E-state index contributed by atoms with van der Waals surface area (Å²) in [6.07, 6.45) is 2.23. The first kappa shape index (κ1) is 12.9. The third kappa shape index (κ3) is 3.71. The Labute approximate surface area is 112 Å². The predicted molar refractivity (Wildman–Crippen MR) is 73.9 cm³/mol. The van der Waals surface area contributed by atoms with Crippen LogP contribution < -0.4 is 10.1 Å². The van der Waals surface area contributed by atoms with Crippen LogP contribution in [-0.2, 0) is 13.0 Å². The molecule has 1 aromatic carbocycles. The maximum Gasteiger partial charge on any atom is 0.212 e. The highest BCUT2D eigenvalue weighted by molar-refractivity contribution is 5.45. The van der Waals surface area contributed by atoms with Crippen LogP contribution in [0.25, 0.3) is 0 Å². The van der Waals surface area contributed by atoms with Gasteiger partial charge in [0.05, 0.1) is 19.6 Å². The van der Waals surface area contributed by atoms with Crippen LogP contribution in [0.15, 0.2) is 42.6 Å². The summed E-state index contributed by atoms with van der Waals surface area (Å²) >= 11 is 0. The fourth-order valence-corrected chi connectivity index (χ4v) is 1.67. The number of anilines is 1. The molecule has 0 aliphatic carbocycles. The monoisotopic (exact) mass is 253 g/mol. The van der Waals surface area contributed by atoms with E-state index in [0.29, 0.717) is 18.8 Å². The van der Waals surface area contributed by atoms with Gasteiger partial charge in [0.15, 0.2) is 0 Å². The lowest BCUT2D eigenvalue weighted by atomic mass is 10.1. The molecule has 0 spiro atoms. The van der Waals surface area contributed by atoms with Crippen molar-refractivity contribution in [3.05, 3.63) is 53.7 Å². The molecule has 1 N–H and O–H groups in total. The van der Waals surface area contributed by atoms with Gasteiger partial charge < -0.3 is 10.1 Å². The van der Waals surface area contributed by atoms with Gasteiger partial charge in [0.2, 0.25) is 5.88 Å². The van der Waals surface area contributed by atoms with Gasteiger partial charge in [-0.25, -0.2) is 4.98 Å². The molecule has 0 saturated carbocycles. The second-order valence-electron chi connectivity index (χ2n) is 4.09. The van der Waals surface area contributed by atoms with Crippen molar-refractivity contribution in [1.29, 1.82) is 5.26 Å². The Balaban J connectivity index is 1.92. The smallest absolute Gasteiger partial charge is 0.212 e. The van der Waals surface area contributed by atoms with Gasteiger partial charge in [-0.1, -0.05) is 18.2 Å². The highest BCUT2D eigenvalue weighted by Gasteiger charge is 1.97. The molecule has 0 fully saturated rings. The van der Waals surface area contributed by atoms with Gasteiger partial charge in [0.25, 0.3) is 0 Å². The first-order chi connectivity index (χ1) is 9.31. The van der Waals surface area contributed by atoms with E-state index in [2.05, 4.69) is 16.4 Å². The Kier molecular flexibility index (Phi) is 4.35. The summed E-state index contributed by atoms with van der Waals surface area (Å²) in [5.41, 5.74) is 3.14. The van der Waals surface area contributed by atoms with Gasteiger partial charge in [0, 0.05) is 24.5 Å². The maximum atomic E-state index is 8.60. The van der Waals surface area contributed by atoms with Gasteiger partial charge in [-0.15, -0.1) is 0 Å². The number of nitrogens with one attached hydrogen (secondary N) is 1. The van der Waals surface area contributed by atoms with Crippen LogP contribution in [0.1, 0.15) is 11.1 Å². The zero-order valence-corrected chi connectivity index (χ0v) is 10.8. The van der Waals surface area contributed by atoms with Crippen molar-refractivity contribution < 1.29 is 4.74 Å². The summed E-state index contributed by atoms with van der Waals surface area (Å²) in [7, 11) is 1.60. The van der Waals surface area contributed by atoms with Crippen molar-refractivity contribution in [3.8, 4) is 11.9 Å². The lowest BCUT2D eigenvalue weighted by Gasteiger charge is -2.07. The van der Waals surface area contributed by atoms with Gasteiger partial charge in [0.1, 0.15) is 0 Å². The number of ether oxygens (including phenoxy) is 1. The van der Waals surface area contributed by atoms with Crippen molar-refractivity contribution in [1.82, 2.24) is 4.98 Å². The standard InChI is InChI=1S/C15H15N3O/c1-19-15-7-4-13(11-18-15)10-17-14-5-2-12(3-6-14)8-9-16/h2-7,11,17H,8,10H2,1H3. The number of nitriles is 1. The van der Waals surface area contributed by atoms with E-state index >= 15 is 0 Å². The van der Waals surface area contributed by atoms with Crippen molar-refractivity contribution in [3.63, 3.8) is 0 Å². The number of pyridine rings is 1. The molecule has 0 aliphatic rings. The van der Waals surface area contributed by atoms with Crippen molar-refractivity contribution in [2.45, 2.75) is 13.0 Å². The van der Waals surface area contributed by atoms with E-state index in [9.17, 15) is 0 Å². The summed E-state index contributed by atoms with van der Waals surface area (Å²) < 4.78 is 5.01. The number of nitrogens with zero attached hydrogens (tertiary/aromatic N) is 2. The Morgan fingerprint density at radius 1 is 1.16 bits per heavy atom. The zero-order chi connectivity index (χ0) is 13.5. The minimum absolute atomic E-state index is 0.447. The molecular formula is C15H15N3O. The van der Waals surface area contributed by atoms with Crippen LogP contribution in [0.5, 0.6) is 5.88 Å². The number of aromatic nitrogens is 1. The zero-order valence-electron chi connectivity index (χ0n) is 10.8. The second kappa shape index (κ2) is 6.41. The molecule has 0 saturated heterocycles. The van der Waals surface area contributed by atoms with Crippen LogP contribution in [-0.4, -0.2) is 12.1 Å². The molecule has 19 heavy (non-hydrogen) atoms. The molecule has 0 bridgehead atoms. The molecule has 0 amide bonds. The van der Waals surface area contributed by atoms with E-state index in [-0.39, 0.29) is 0 Å². The first-order valence-corrected chi connectivity index (χ1v) is 6.00. The fourth-order valence-electron chi connectivity index (χ4n) is 1.67. The average molecular weight is 253 g/mol. The average Bonchev–Trinajstić information content (AvgIpc) is 2.47. The maximum absolute atomic E-state index is 8.60. The number of benzene rings is 1. The second-order valence-corrected chi connectivity index (χ2v) is 4.09. The van der Waals surface area contributed by atoms with Crippen molar-refractivity contribution in [2.75, 3.05) is 12.4 Å². The van der Waals surface area contributed by atoms with E-state index in [0.717, 1.165) is 16.8 Å². The summed E-state index contributed by atoms with van der Waals surface area (Å²) in [6.45, 7) is 0.703. The molecule has 0 unspecified atom stereocenters. The minimum atomic E-state index is 0.447. The van der Waals surface area contributed by atoms with E-state index in [4.69, 9.17) is 10.00 Å². The van der Waals surface area contributed by atoms with Crippen LogP contribution in [0.4, 0.5) is 5.69 Å². The number of methoxy groups -OCH3 is 1. The van der Waals surface area contributed by atoms with Gasteiger partial charge in [-0.05, 0) is 23.3 Å². The number of hydrogen-bond donors (Lipinski definition) is 1. The van der Waals surface area contributed by atoms with E-state index in [1.807, 2.05) is 36.4 Å². The Bertz CT molecular complexity index is 555. The normalized spacial score (nSPS) is 9.68. The Hall–Kier alpha value is -2.54. The van der Waals surface area contributed by atoms with E-state index in [1.54, 1.807) is 13.3 Å². The SMILES string of the molecule is COc1ccc(CNc2ccc(CC#N)cc2)cn1. The topological polar surface area (TPSA) is 57.9 Å². The minimum Gasteiger partial charge on any atom is -0.481 e. The third-order valence-electron chi connectivity index (χ3n) is 2.74. The quantitative estimate of drug-likeness (QED) is 0.890. The molecule has 4 nitrogen and oxygen atoms in total. The van der Waals surface area contributed by atoms with Crippen molar-refractivity contribution in [2.24, 2.45) is 0 Å². The third-order valence-corrected chi connectivity index (χ3v) is 2.74. The highest BCUT2D eigenvalue weighted by atomic mass is 16.5. The Morgan fingerprint density at radius 3 is 2.47 bits per heavy atom. The van der Waals surface area contributed by atoms with Gasteiger partial charge >= 0.3 is 0 Å². The molecule has 0 atom stereocenters. The Morgan fingerprint density at radius 2 is 1.89 bits per heavy atom. The molecule has 0 radical (unpaired) electrons. The van der Waals surface area contributed by atoms with Crippen LogP contribution in [0.3, 0.4) is 0 Å². The predicted octanol–water partition coefficient (Wildman–Crippen LogP) is 2.77. The molecule has 0 aliphatic heterocycles. The molecule has 2 rings (SSSR count). The van der Waals surface area contributed by atoms with Crippen LogP contribution >= 0.6 is 0 Å². The summed E-state index contributed by atoms with van der Waals surface area (Å²) in [4.78, 5) is 4.15. The largest absolute Gasteiger partial charge is 0.481 e. The molecule has 4 heteroatoms. The summed E-state index contributed by atoms with van der Waals surface area (Å²) in [5.74, 6) is 0.615. The van der Waals surface area contributed by atoms with Gasteiger partial charge in [-0.2, -0.15) is 5.26 Å². The summed E-state index contributed by atoms with van der Waals surface area (Å²) in [6, 6.07) is 13.8. The van der Waals surface area contributed by atoms with Crippen molar-refractivity contribution >= 4 is 5.69 Å². The first-order valence-electron chi connectivity index (χ1n) is 6.00. The number of rotatable bonds is 5. The van der Waals surface area contributed by atoms with Crippen LogP contribution in [0, 0.1) is 11.3 Å². The molecule has 1 aromatic heterocycles. The number of hydrogen-bond acceptors (Lipinski definition) is 4. The fraction of sp³-hybridized carbons (Fsp3) is 0.200. The lowest BCUT2D eigenvalue weighted by molar-refractivity contribution is 0.397. The molecule has 96 valence electrons. The van der Waals surface area contributed by atoms with Gasteiger partial charge in [-0.3, -0.25) is 0 Å². The molecular weight excluding hydrogens is 238 g/mol.